The number of unbranched alkanes of at least 4 members (excludes halogenated alkanes) is 1. The largest absolute Gasteiger partial charge is 0.478 e. The highest BCUT2D eigenvalue weighted by atomic mass is 35.5. The van der Waals surface area contributed by atoms with Crippen LogP contribution in [-0.2, 0) is 4.79 Å². The van der Waals surface area contributed by atoms with Gasteiger partial charge < -0.3 is 20.6 Å². The molecule has 244 valence electrons. The predicted octanol–water partition coefficient (Wildman–Crippen LogP) is 5.55. The maximum absolute atomic E-state index is 13.8. The van der Waals surface area contributed by atoms with Crippen LogP contribution >= 0.6 is 22.9 Å². The Bertz CT molecular complexity index is 1810. The number of hydrogen-bond acceptors (Lipinski definition) is 8. The smallest absolute Gasteiger partial charge is 0.337 e. The van der Waals surface area contributed by atoms with Crippen LogP contribution in [0, 0.1) is 36.5 Å². The zero-order valence-corrected chi connectivity index (χ0v) is 28.3. The summed E-state index contributed by atoms with van der Waals surface area (Å²) in [6.45, 7) is 8.14. The Kier molecular flexibility index (Phi) is 10.4. The molecule has 1 amide bonds. The van der Waals surface area contributed by atoms with Crippen molar-refractivity contribution < 1.29 is 14.7 Å². The number of nitrogens with two attached hydrogens (primary N) is 1. The van der Waals surface area contributed by atoms with Crippen molar-refractivity contribution in [3.8, 4) is 11.8 Å². The zero-order chi connectivity index (χ0) is 33.8. The van der Waals surface area contributed by atoms with Crippen LogP contribution in [0.1, 0.15) is 63.7 Å². The second-order valence-corrected chi connectivity index (χ2v) is 13.2. The van der Waals surface area contributed by atoms with Crippen molar-refractivity contribution in [2.24, 2.45) is 10.7 Å². The van der Waals surface area contributed by atoms with Crippen LogP contribution in [0.15, 0.2) is 47.5 Å². The van der Waals surface area contributed by atoms with Crippen molar-refractivity contribution in [3.63, 3.8) is 0 Å². The fraction of sp³-hybridized carbons (Fsp3) is 0.343. The monoisotopic (exact) mass is 671 g/mol. The fourth-order valence-corrected chi connectivity index (χ4v) is 7.11. The van der Waals surface area contributed by atoms with E-state index in [2.05, 4.69) is 16.7 Å². The number of amides is 1. The van der Waals surface area contributed by atoms with Crippen molar-refractivity contribution in [2.75, 3.05) is 42.5 Å². The van der Waals surface area contributed by atoms with E-state index in [4.69, 9.17) is 27.7 Å². The van der Waals surface area contributed by atoms with Gasteiger partial charge in [-0.3, -0.25) is 25.5 Å². The second-order valence-electron chi connectivity index (χ2n) is 11.6. The quantitative estimate of drug-likeness (QED) is 0.112. The third-order valence-electron chi connectivity index (χ3n) is 8.43. The summed E-state index contributed by atoms with van der Waals surface area (Å²) in [7, 11) is 0. The number of piperazine rings is 1. The van der Waals surface area contributed by atoms with Crippen LogP contribution in [-0.4, -0.2) is 78.0 Å². The number of nitrogens with one attached hydrogen (secondary N) is 2. The summed E-state index contributed by atoms with van der Waals surface area (Å²) in [6, 6.07) is 11.8. The number of nitrogens with zero attached hydrogens (tertiary/aromatic N) is 4. The van der Waals surface area contributed by atoms with Crippen LogP contribution in [0.5, 0.6) is 0 Å². The Labute approximate surface area is 283 Å². The van der Waals surface area contributed by atoms with E-state index in [-0.39, 0.29) is 29.6 Å². The molecule has 3 heterocycles. The van der Waals surface area contributed by atoms with E-state index in [1.54, 1.807) is 41.0 Å². The van der Waals surface area contributed by atoms with Gasteiger partial charge in [0.25, 0.3) is 0 Å². The van der Waals surface area contributed by atoms with Gasteiger partial charge >= 0.3 is 5.97 Å². The van der Waals surface area contributed by atoms with E-state index in [1.807, 2.05) is 32.0 Å². The van der Waals surface area contributed by atoms with Gasteiger partial charge in [0.1, 0.15) is 22.7 Å². The Morgan fingerprint density at radius 1 is 1.13 bits per heavy atom. The molecule has 0 bridgehead atoms. The summed E-state index contributed by atoms with van der Waals surface area (Å²) < 4.78 is 0. The van der Waals surface area contributed by atoms with Crippen LogP contribution in [0.25, 0.3) is 0 Å². The van der Waals surface area contributed by atoms with Gasteiger partial charge in [0.2, 0.25) is 5.91 Å². The number of carbonyl (C=O) groups is 2. The van der Waals surface area contributed by atoms with Crippen molar-refractivity contribution in [3.05, 3.63) is 80.2 Å². The highest BCUT2D eigenvalue weighted by Gasteiger charge is 2.36. The number of thiophene rings is 1. The molecular weight excluding hydrogens is 634 g/mol. The Hall–Kier alpha value is -4.50. The summed E-state index contributed by atoms with van der Waals surface area (Å²) in [5.74, 6) is 5.05. The molecule has 0 spiro atoms. The van der Waals surface area contributed by atoms with E-state index in [0.717, 1.165) is 38.7 Å². The molecule has 0 saturated carbocycles. The van der Waals surface area contributed by atoms with E-state index >= 15 is 0 Å². The minimum Gasteiger partial charge on any atom is -0.478 e. The fourth-order valence-electron chi connectivity index (χ4n) is 5.76. The van der Waals surface area contributed by atoms with Gasteiger partial charge in [-0.15, -0.1) is 11.3 Å². The zero-order valence-electron chi connectivity index (χ0n) is 26.7. The number of rotatable bonds is 7. The summed E-state index contributed by atoms with van der Waals surface area (Å²) in [5.41, 5.74) is 10.3. The minimum atomic E-state index is -1.04. The number of fused-ring (bicyclic) bond motifs is 1. The summed E-state index contributed by atoms with van der Waals surface area (Å²) in [6.07, 6.45) is 1.34. The number of carboxylic acids is 1. The number of carbonyl (C=O) groups excluding carboxylic acids is 1. The lowest BCUT2D eigenvalue weighted by Gasteiger charge is -2.37. The first-order valence-electron chi connectivity index (χ1n) is 15.5. The standard InChI is InChI=1S/C35H38ClN7O3S/c1-21-22(2)47-34-31(21)32(25-8-11-26(36)12-9-25)40-29(33(39)43(34)23(3)38)20-30(44)42-17-15-41(16-18-42)27-13-10-24(7-5-4-6-14-37)28(19-27)35(45)46/h8-13,19,29,38-39H,4,6,14-18,20,37H2,1-3H3,(H,45,46)/t29-/m0/s1. The number of carboxylic acid groups (broad SMARTS) is 1. The predicted molar refractivity (Wildman–Crippen MR) is 190 cm³/mol. The number of aliphatic imine (C=N–C) groups is 1. The average Bonchev–Trinajstić information content (AvgIpc) is 3.27. The number of aryl methyl sites for hydroxylation is 1. The highest BCUT2D eigenvalue weighted by Crippen LogP contribution is 2.40. The molecule has 1 atom stereocenters. The molecule has 0 radical (unpaired) electrons. The molecule has 12 heteroatoms. The SMILES string of the molecule is CC(=N)N1C(=N)[C@H](CC(=O)N2CCN(c3ccc(C#CCCCN)c(C(=O)O)c3)CC2)N=C(c2ccc(Cl)cc2)c2c1sc(C)c2C. The molecule has 0 unspecified atom stereocenters. The third kappa shape index (κ3) is 7.25. The van der Waals surface area contributed by atoms with Crippen molar-refractivity contribution in [1.29, 1.82) is 10.8 Å². The van der Waals surface area contributed by atoms with Gasteiger partial charge in [-0.2, -0.15) is 0 Å². The molecule has 0 aliphatic carbocycles. The molecule has 1 saturated heterocycles. The first-order chi connectivity index (χ1) is 22.5. The van der Waals surface area contributed by atoms with Crippen molar-refractivity contribution in [1.82, 2.24) is 4.90 Å². The molecule has 10 nitrogen and oxygen atoms in total. The number of amidine groups is 2. The maximum atomic E-state index is 13.8. The number of anilines is 2. The van der Waals surface area contributed by atoms with Crippen molar-refractivity contribution in [2.45, 2.75) is 46.1 Å². The molecule has 5 rings (SSSR count). The highest BCUT2D eigenvalue weighted by molar-refractivity contribution is 7.17. The molecule has 2 aliphatic rings. The van der Waals surface area contributed by atoms with Gasteiger partial charge in [-0.25, -0.2) is 4.79 Å². The molecule has 2 aliphatic heterocycles. The minimum absolute atomic E-state index is 0.0205. The normalized spacial score (nSPS) is 16.2. The van der Waals surface area contributed by atoms with Gasteiger partial charge in [-0.1, -0.05) is 35.6 Å². The number of halogens is 1. The number of hydrogen-bond donors (Lipinski definition) is 4. The Morgan fingerprint density at radius 3 is 2.47 bits per heavy atom. The summed E-state index contributed by atoms with van der Waals surface area (Å²) in [4.78, 5) is 37.3. The maximum Gasteiger partial charge on any atom is 0.337 e. The van der Waals surface area contributed by atoms with E-state index in [9.17, 15) is 20.1 Å². The van der Waals surface area contributed by atoms with Gasteiger partial charge in [0.05, 0.1) is 17.7 Å². The molecule has 5 N–H and O–H groups in total. The summed E-state index contributed by atoms with van der Waals surface area (Å²) in [5, 5.41) is 28.9. The van der Waals surface area contributed by atoms with E-state index < -0.39 is 12.0 Å². The van der Waals surface area contributed by atoms with E-state index in [1.165, 1.54) is 11.3 Å². The number of benzene rings is 2. The third-order valence-corrected chi connectivity index (χ3v) is 9.87. The molecular formula is C35H38ClN7O3S. The van der Waals surface area contributed by atoms with Crippen LogP contribution in [0.2, 0.25) is 5.02 Å². The lowest BCUT2D eigenvalue weighted by atomic mass is 9.99. The lowest BCUT2D eigenvalue weighted by Crippen LogP contribution is -2.50. The average molecular weight is 672 g/mol. The van der Waals surface area contributed by atoms with Gasteiger partial charge in [0, 0.05) is 64.9 Å². The van der Waals surface area contributed by atoms with Crippen LogP contribution in [0.3, 0.4) is 0 Å². The Morgan fingerprint density at radius 2 is 1.83 bits per heavy atom. The number of aromatic carboxylic acids is 1. The topological polar surface area (TPSA) is 150 Å². The first kappa shape index (κ1) is 33.9. The summed E-state index contributed by atoms with van der Waals surface area (Å²) >= 11 is 7.71. The van der Waals surface area contributed by atoms with Gasteiger partial charge in [-0.05, 0) is 69.6 Å². The molecule has 47 heavy (non-hydrogen) atoms. The van der Waals surface area contributed by atoms with Crippen molar-refractivity contribution >= 4 is 62.9 Å². The van der Waals surface area contributed by atoms with Crippen LogP contribution in [0.4, 0.5) is 10.7 Å². The van der Waals surface area contributed by atoms with Gasteiger partial charge in [0.15, 0.2) is 0 Å². The lowest BCUT2D eigenvalue weighted by molar-refractivity contribution is -0.131. The second kappa shape index (κ2) is 14.5. The van der Waals surface area contributed by atoms with Crippen LogP contribution < -0.4 is 15.5 Å². The molecule has 2 aromatic carbocycles. The first-order valence-corrected chi connectivity index (χ1v) is 16.7. The molecule has 3 aromatic rings. The van der Waals surface area contributed by atoms with E-state index in [0.29, 0.717) is 55.4 Å². The Balaban J connectivity index is 1.36. The molecule has 1 aromatic heterocycles. The molecule has 1 fully saturated rings.